The third-order valence-corrected chi connectivity index (χ3v) is 6.81. The van der Waals surface area contributed by atoms with Crippen LogP contribution in [0.3, 0.4) is 0 Å². The monoisotopic (exact) mass is 461 g/mol. The number of benzene rings is 2. The van der Waals surface area contributed by atoms with Crippen LogP contribution in [-0.4, -0.2) is 50.3 Å². The number of sulfonamides is 1. The predicted molar refractivity (Wildman–Crippen MR) is 120 cm³/mol. The Morgan fingerprint density at radius 1 is 0.969 bits per heavy atom. The number of aryl methyl sites for hydroxylation is 2. The first-order valence-corrected chi connectivity index (χ1v) is 11.5. The number of esters is 1. The van der Waals surface area contributed by atoms with Crippen molar-refractivity contribution < 1.29 is 27.5 Å². The lowest BCUT2D eigenvalue weighted by Gasteiger charge is -2.18. The molecular weight excluding hydrogens is 434 g/mol. The lowest BCUT2D eigenvalue weighted by atomic mass is 10.1. The number of nitrogens with one attached hydrogen (secondary N) is 2. The fourth-order valence-electron chi connectivity index (χ4n) is 2.85. The molecule has 0 aliphatic heterocycles. The van der Waals surface area contributed by atoms with E-state index in [2.05, 4.69) is 10.6 Å². The number of urea groups is 1. The minimum absolute atomic E-state index is 0.0226. The fraction of sp³-hybridized carbons (Fsp3) is 0.318. The maximum absolute atomic E-state index is 12.6. The van der Waals surface area contributed by atoms with Crippen molar-refractivity contribution in [3.05, 3.63) is 59.2 Å². The first-order valence-electron chi connectivity index (χ1n) is 10.0. The summed E-state index contributed by atoms with van der Waals surface area (Å²) in [4.78, 5) is 36.1. The molecule has 0 aliphatic rings. The van der Waals surface area contributed by atoms with E-state index in [0.29, 0.717) is 5.69 Å². The second-order valence-electron chi connectivity index (χ2n) is 6.99. The summed E-state index contributed by atoms with van der Waals surface area (Å²) < 4.78 is 31.4. The second-order valence-corrected chi connectivity index (χ2v) is 8.93. The molecule has 2 aromatic carbocycles. The van der Waals surface area contributed by atoms with Crippen LogP contribution in [0.1, 0.15) is 35.3 Å². The van der Waals surface area contributed by atoms with Crippen LogP contribution in [0.5, 0.6) is 0 Å². The van der Waals surface area contributed by atoms with Gasteiger partial charge >= 0.3 is 12.0 Å². The summed E-state index contributed by atoms with van der Waals surface area (Å²) in [7, 11) is -3.75. The number of rotatable bonds is 8. The van der Waals surface area contributed by atoms with Crippen molar-refractivity contribution in [1.82, 2.24) is 9.62 Å². The Morgan fingerprint density at radius 3 is 2.28 bits per heavy atom. The lowest BCUT2D eigenvalue weighted by Crippen LogP contribution is -2.37. The van der Waals surface area contributed by atoms with E-state index in [1.165, 1.54) is 28.6 Å². The molecule has 0 heterocycles. The molecule has 2 aromatic rings. The third kappa shape index (κ3) is 6.38. The average Bonchev–Trinajstić information content (AvgIpc) is 2.75. The number of imide groups is 1. The van der Waals surface area contributed by atoms with E-state index in [9.17, 15) is 22.8 Å². The van der Waals surface area contributed by atoms with Gasteiger partial charge in [0.2, 0.25) is 10.0 Å². The molecule has 0 unspecified atom stereocenters. The number of hydrogen-bond donors (Lipinski definition) is 2. The minimum atomic E-state index is -3.75. The predicted octanol–water partition coefficient (Wildman–Crippen LogP) is 2.84. The molecule has 2 rings (SSSR count). The van der Waals surface area contributed by atoms with Crippen LogP contribution in [0, 0.1) is 13.8 Å². The zero-order chi connectivity index (χ0) is 23.9. The second kappa shape index (κ2) is 10.9. The molecule has 0 aromatic heterocycles. The molecule has 32 heavy (non-hydrogen) atoms. The van der Waals surface area contributed by atoms with Gasteiger partial charge in [-0.25, -0.2) is 18.0 Å². The molecule has 0 saturated carbocycles. The molecular formula is C22H27N3O6S. The molecule has 3 amide bonds. The van der Waals surface area contributed by atoms with E-state index in [1.807, 2.05) is 19.9 Å². The molecule has 0 aliphatic carbocycles. The van der Waals surface area contributed by atoms with Crippen LogP contribution >= 0.6 is 0 Å². The zero-order valence-electron chi connectivity index (χ0n) is 18.5. The van der Waals surface area contributed by atoms with Crippen molar-refractivity contribution >= 4 is 33.6 Å². The van der Waals surface area contributed by atoms with Gasteiger partial charge in [0, 0.05) is 18.8 Å². The number of nitrogens with zero attached hydrogens (tertiary/aromatic N) is 1. The molecule has 0 atom stereocenters. The van der Waals surface area contributed by atoms with Crippen LogP contribution < -0.4 is 10.6 Å². The van der Waals surface area contributed by atoms with E-state index in [4.69, 9.17) is 4.74 Å². The van der Waals surface area contributed by atoms with Gasteiger partial charge in [-0.1, -0.05) is 26.0 Å². The van der Waals surface area contributed by atoms with Gasteiger partial charge in [0.1, 0.15) is 0 Å². The quantitative estimate of drug-likeness (QED) is 0.583. The SMILES string of the molecule is CCN(CC)S(=O)(=O)c1cccc(C(=O)OCC(=O)NC(=O)Nc2ccc(C)c(C)c2)c1. The highest BCUT2D eigenvalue weighted by atomic mass is 32.2. The Kier molecular flexibility index (Phi) is 8.50. The summed E-state index contributed by atoms with van der Waals surface area (Å²) in [6, 6.07) is 9.92. The highest BCUT2D eigenvalue weighted by molar-refractivity contribution is 7.89. The number of ether oxygens (including phenoxy) is 1. The normalized spacial score (nSPS) is 11.2. The van der Waals surface area contributed by atoms with Crippen LogP contribution in [0.15, 0.2) is 47.4 Å². The Labute approximate surface area is 187 Å². The molecule has 9 nitrogen and oxygen atoms in total. The Bertz CT molecular complexity index is 1110. The maximum Gasteiger partial charge on any atom is 0.338 e. The van der Waals surface area contributed by atoms with Crippen LogP contribution in [0.2, 0.25) is 0 Å². The fourth-order valence-corrected chi connectivity index (χ4v) is 4.36. The number of carbonyl (C=O) groups excluding carboxylic acids is 3. The van der Waals surface area contributed by atoms with Crippen LogP contribution in [0.4, 0.5) is 10.5 Å². The van der Waals surface area contributed by atoms with E-state index in [-0.39, 0.29) is 23.5 Å². The Morgan fingerprint density at radius 2 is 1.66 bits per heavy atom. The molecule has 2 N–H and O–H groups in total. The first-order chi connectivity index (χ1) is 15.1. The highest BCUT2D eigenvalue weighted by Crippen LogP contribution is 2.17. The summed E-state index contributed by atoms with van der Waals surface area (Å²) in [5.41, 5.74) is 2.54. The highest BCUT2D eigenvalue weighted by Gasteiger charge is 2.23. The van der Waals surface area contributed by atoms with Crippen molar-refractivity contribution in [1.29, 1.82) is 0 Å². The van der Waals surface area contributed by atoms with Crippen molar-refractivity contribution in [2.75, 3.05) is 25.0 Å². The molecule has 0 saturated heterocycles. The third-order valence-electron chi connectivity index (χ3n) is 4.77. The van der Waals surface area contributed by atoms with E-state index >= 15 is 0 Å². The van der Waals surface area contributed by atoms with Gasteiger partial charge in [-0.3, -0.25) is 10.1 Å². The molecule has 0 bridgehead atoms. The first kappa shape index (κ1) is 25.0. The summed E-state index contributed by atoms with van der Waals surface area (Å²) >= 11 is 0. The van der Waals surface area contributed by atoms with Crippen molar-refractivity contribution in [2.24, 2.45) is 0 Å². The summed E-state index contributed by atoms with van der Waals surface area (Å²) in [5.74, 6) is -1.71. The molecule has 0 radical (unpaired) electrons. The van der Waals surface area contributed by atoms with E-state index in [0.717, 1.165) is 11.1 Å². The molecule has 10 heteroatoms. The number of hydrogen-bond acceptors (Lipinski definition) is 6. The topological polar surface area (TPSA) is 122 Å². The van der Waals surface area contributed by atoms with Gasteiger partial charge in [-0.05, 0) is 55.3 Å². The summed E-state index contributed by atoms with van der Waals surface area (Å²) in [6.45, 7) is 7.14. The maximum atomic E-state index is 12.6. The number of carbonyl (C=O) groups is 3. The van der Waals surface area contributed by atoms with E-state index in [1.54, 1.807) is 26.0 Å². The molecule has 0 spiro atoms. The number of amides is 3. The summed E-state index contributed by atoms with van der Waals surface area (Å²) in [6.07, 6.45) is 0. The molecule has 172 valence electrons. The van der Waals surface area contributed by atoms with Crippen LogP contribution in [-0.2, 0) is 19.6 Å². The van der Waals surface area contributed by atoms with Crippen molar-refractivity contribution in [3.8, 4) is 0 Å². The number of anilines is 1. The van der Waals surface area contributed by atoms with E-state index < -0.39 is 34.5 Å². The Balaban J connectivity index is 1.95. The van der Waals surface area contributed by atoms with Gasteiger partial charge in [-0.15, -0.1) is 0 Å². The zero-order valence-corrected chi connectivity index (χ0v) is 19.3. The van der Waals surface area contributed by atoms with Gasteiger partial charge in [0.05, 0.1) is 10.5 Å². The van der Waals surface area contributed by atoms with Gasteiger partial charge < -0.3 is 10.1 Å². The lowest BCUT2D eigenvalue weighted by molar-refractivity contribution is -0.123. The largest absolute Gasteiger partial charge is 0.452 e. The Hall–Kier alpha value is -3.24. The van der Waals surface area contributed by atoms with Crippen molar-refractivity contribution in [3.63, 3.8) is 0 Å². The molecule has 0 fully saturated rings. The van der Waals surface area contributed by atoms with Gasteiger partial charge in [0.25, 0.3) is 5.91 Å². The summed E-state index contributed by atoms with van der Waals surface area (Å²) in [5, 5.41) is 4.59. The standard InChI is InChI=1S/C22H27N3O6S/c1-5-25(6-2)32(29,30)19-9-7-8-17(13-19)21(27)31-14-20(26)24-22(28)23-18-11-10-15(3)16(4)12-18/h7-13H,5-6,14H2,1-4H3,(H2,23,24,26,28). The van der Waals surface area contributed by atoms with Gasteiger partial charge in [-0.2, -0.15) is 4.31 Å². The van der Waals surface area contributed by atoms with Crippen molar-refractivity contribution in [2.45, 2.75) is 32.6 Å². The smallest absolute Gasteiger partial charge is 0.338 e. The van der Waals surface area contributed by atoms with Crippen LogP contribution in [0.25, 0.3) is 0 Å². The minimum Gasteiger partial charge on any atom is -0.452 e. The average molecular weight is 462 g/mol. The van der Waals surface area contributed by atoms with Gasteiger partial charge in [0.15, 0.2) is 6.61 Å².